The second-order valence-corrected chi connectivity index (χ2v) is 5.92. The van der Waals surface area contributed by atoms with E-state index in [4.69, 9.17) is 25.8 Å². The number of hydrogen-bond acceptors (Lipinski definition) is 5. The molecule has 0 fully saturated rings. The Labute approximate surface area is 150 Å². The fraction of sp³-hybridized carbons (Fsp3) is 0.278. The molecule has 0 spiro atoms. The Bertz CT molecular complexity index is 763. The molecule has 1 unspecified atom stereocenters. The number of carbonyl (C=O) groups is 1. The van der Waals surface area contributed by atoms with Crippen molar-refractivity contribution in [2.75, 3.05) is 20.4 Å². The van der Waals surface area contributed by atoms with E-state index < -0.39 is 6.10 Å². The normalized spacial score (nSPS) is 13.4. The predicted molar refractivity (Wildman–Crippen MR) is 92.2 cm³/mol. The van der Waals surface area contributed by atoms with Gasteiger partial charge in [-0.25, -0.2) is 0 Å². The molecule has 1 aliphatic heterocycles. The molecule has 1 amide bonds. The van der Waals surface area contributed by atoms with Gasteiger partial charge >= 0.3 is 0 Å². The van der Waals surface area contributed by atoms with Crippen molar-refractivity contribution in [1.29, 1.82) is 0 Å². The molecule has 1 atom stereocenters. The Morgan fingerprint density at radius 3 is 2.76 bits per heavy atom. The van der Waals surface area contributed by atoms with E-state index in [0.29, 0.717) is 33.4 Å². The van der Waals surface area contributed by atoms with E-state index in [1.807, 2.05) is 0 Å². The monoisotopic (exact) mass is 363 g/mol. The van der Waals surface area contributed by atoms with Gasteiger partial charge in [-0.1, -0.05) is 29.8 Å². The number of rotatable bonds is 6. The Morgan fingerprint density at radius 1 is 1.28 bits per heavy atom. The Kier molecular flexibility index (Phi) is 5.31. The zero-order chi connectivity index (χ0) is 17.8. The number of aliphatic hydroxyl groups excluding tert-OH is 1. The number of methoxy groups -OCH3 is 1. The fourth-order valence-corrected chi connectivity index (χ4v) is 2.78. The van der Waals surface area contributed by atoms with Crippen LogP contribution in [0.2, 0.25) is 5.02 Å². The van der Waals surface area contributed by atoms with E-state index >= 15 is 0 Å². The van der Waals surface area contributed by atoms with Crippen LogP contribution in [0.5, 0.6) is 17.2 Å². The number of fused-ring (bicyclic) bond motifs is 1. The molecule has 0 aliphatic carbocycles. The first-order chi connectivity index (χ1) is 12.1. The highest BCUT2D eigenvalue weighted by atomic mass is 35.5. The molecule has 3 rings (SSSR count). The third-order valence-corrected chi connectivity index (χ3v) is 4.32. The first-order valence-corrected chi connectivity index (χ1v) is 8.12. The molecule has 0 saturated heterocycles. The summed E-state index contributed by atoms with van der Waals surface area (Å²) in [5, 5.41) is 13.2. The van der Waals surface area contributed by atoms with Crippen molar-refractivity contribution in [3.05, 3.63) is 52.5 Å². The van der Waals surface area contributed by atoms with Crippen LogP contribution >= 0.6 is 11.6 Å². The highest BCUT2D eigenvalue weighted by Gasteiger charge is 2.21. The Hall–Kier alpha value is -2.44. The second-order valence-electron chi connectivity index (χ2n) is 5.54. The molecule has 2 aromatic carbocycles. The number of ether oxygens (including phenoxy) is 3. The van der Waals surface area contributed by atoms with Crippen molar-refractivity contribution in [2.24, 2.45) is 0 Å². The molecule has 2 aromatic rings. The number of carbonyl (C=O) groups excluding carboxylic acids is 1. The van der Waals surface area contributed by atoms with Crippen molar-refractivity contribution in [3.8, 4) is 17.2 Å². The molecular weight excluding hydrogens is 346 g/mol. The van der Waals surface area contributed by atoms with Crippen LogP contribution < -0.4 is 19.5 Å². The van der Waals surface area contributed by atoms with Crippen molar-refractivity contribution < 1.29 is 24.1 Å². The molecule has 25 heavy (non-hydrogen) atoms. The average molecular weight is 364 g/mol. The van der Waals surface area contributed by atoms with Crippen LogP contribution in [0, 0.1) is 0 Å². The van der Waals surface area contributed by atoms with Crippen LogP contribution in [0.15, 0.2) is 36.4 Å². The molecule has 0 radical (unpaired) electrons. The van der Waals surface area contributed by atoms with Gasteiger partial charge < -0.3 is 24.6 Å². The summed E-state index contributed by atoms with van der Waals surface area (Å²) in [5.74, 6) is 1.50. The summed E-state index contributed by atoms with van der Waals surface area (Å²) in [7, 11) is 1.58. The van der Waals surface area contributed by atoms with E-state index in [0.717, 1.165) is 0 Å². The number of benzene rings is 2. The van der Waals surface area contributed by atoms with Crippen LogP contribution in [-0.2, 0) is 11.2 Å². The smallest absolute Gasteiger partial charge is 0.231 e. The molecule has 0 aromatic heterocycles. The molecule has 0 saturated carbocycles. The lowest BCUT2D eigenvalue weighted by atomic mass is 10.1. The zero-order valence-electron chi connectivity index (χ0n) is 13.6. The van der Waals surface area contributed by atoms with Gasteiger partial charge in [-0.2, -0.15) is 0 Å². The topological polar surface area (TPSA) is 77.0 Å². The van der Waals surface area contributed by atoms with Gasteiger partial charge in [0.05, 0.1) is 24.7 Å². The molecule has 1 heterocycles. The van der Waals surface area contributed by atoms with E-state index in [1.165, 1.54) is 0 Å². The SMILES string of the molecule is COc1ccc(C(O)CNC(=O)Cc2ccc3c(c2Cl)OCO3)cc1. The largest absolute Gasteiger partial charge is 0.497 e. The Morgan fingerprint density at radius 2 is 2.04 bits per heavy atom. The maximum atomic E-state index is 12.1. The van der Waals surface area contributed by atoms with Crippen LogP contribution in [-0.4, -0.2) is 31.5 Å². The summed E-state index contributed by atoms with van der Waals surface area (Å²) < 4.78 is 15.6. The predicted octanol–water partition coefficient (Wildman–Crippen LogP) is 2.47. The molecule has 2 N–H and O–H groups in total. The minimum atomic E-state index is -0.804. The number of halogens is 1. The summed E-state index contributed by atoms with van der Waals surface area (Å²) in [6, 6.07) is 10.5. The van der Waals surface area contributed by atoms with Gasteiger partial charge in [0.15, 0.2) is 11.5 Å². The maximum Gasteiger partial charge on any atom is 0.231 e. The molecule has 7 heteroatoms. The first-order valence-electron chi connectivity index (χ1n) is 7.74. The minimum Gasteiger partial charge on any atom is -0.497 e. The molecule has 132 valence electrons. The standard InChI is InChI=1S/C18H18ClNO5/c1-23-13-5-2-11(3-6-13)14(21)9-20-16(22)8-12-4-7-15-18(17(12)19)25-10-24-15/h2-7,14,21H,8-10H2,1H3,(H,20,22). The zero-order valence-corrected chi connectivity index (χ0v) is 14.4. The van der Waals surface area contributed by atoms with E-state index in [1.54, 1.807) is 43.5 Å². The lowest BCUT2D eigenvalue weighted by Crippen LogP contribution is -2.29. The fourth-order valence-electron chi connectivity index (χ4n) is 2.51. The molecule has 1 aliphatic rings. The second kappa shape index (κ2) is 7.63. The van der Waals surface area contributed by atoms with E-state index in [-0.39, 0.29) is 25.7 Å². The molecular formula is C18H18ClNO5. The lowest BCUT2D eigenvalue weighted by Gasteiger charge is -2.13. The number of hydrogen-bond donors (Lipinski definition) is 2. The summed E-state index contributed by atoms with van der Waals surface area (Å²) in [5.41, 5.74) is 1.34. The van der Waals surface area contributed by atoms with E-state index in [2.05, 4.69) is 5.32 Å². The number of nitrogens with one attached hydrogen (secondary N) is 1. The van der Waals surface area contributed by atoms with Gasteiger partial charge in [-0.3, -0.25) is 4.79 Å². The van der Waals surface area contributed by atoms with Gasteiger partial charge in [0, 0.05) is 6.54 Å². The Balaban J connectivity index is 1.56. The summed E-state index contributed by atoms with van der Waals surface area (Å²) in [6.45, 7) is 0.228. The van der Waals surface area contributed by atoms with Crippen molar-refractivity contribution in [1.82, 2.24) is 5.32 Å². The summed E-state index contributed by atoms with van der Waals surface area (Å²) >= 11 is 6.24. The summed E-state index contributed by atoms with van der Waals surface area (Å²) in [4.78, 5) is 12.1. The molecule has 6 nitrogen and oxygen atoms in total. The van der Waals surface area contributed by atoms with Gasteiger partial charge in [-0.15, -0.1) is 0 Å². The van der Waals surface area contributed by atoms with Crippen LogP contribution in [0.3, 0.4) is 0 Å². The van der Waals surface area contributed by atoms with Gasteiger partial charge in [0.2, 0.25) is 12.7 Å². The van der Waals surface area contributed by atoms with Gasteiger partial charge in [-0.05, 0) is 29.3 Å². The minimum absolute atomic E-state index is 0.0881. The highest BCUT2D eigenvalue weighted by Crippen LogP contribution is 2.40. The lowest BCUT2D eigenvalue weighted by molar-refractivity contribution is -0.120. The average Bonchev–Trinajstić information content (AvgIpc) is 3.11. The number of aliphatic hydroxyl groups is 1. The van der Waals surface area contributed by atoms with Crippen LogP contribution in [0.25, 0.3) is 0 Å². The van der Waals surface area contributed by atoms with Crippen LogP contribution in [0.1, 0.15) is 17.2 Å². The third-order valence-electron chi connectivity index (χ3n) is 3.90. The maximum absolute atomic E-state index is 12.1. The quantitative estimate of drug-likeness (QED) is 0.824. The first kappa shape index (κ1) is 17.4. The van der Waals surface area contributed by atoms with Crippen molar-refractivity contribution >= 4 is 17.5 Å². The van der Waals surface area contributed by atoms with Gasteiger partial charge in [0.25, 0.3) is 0 Å². The van der Waals surface area contributed by atoms with Crippen molar-refractivity contribution in [2.45, 2.75) is 12.5 Å². The van der Waals surface area contributed by atoms with Gasteiger partial charge in [0.1, 0.15) is 5.75 Å². The van der Waals surface area contributed by atoms with Crippen LogP contribution in [0.4, 0.5) is 0 Å². The van der Waals surface area contributed by atoms with Crippen molar-refractivity contribution in [3.63, 3.8) is 0 Å². The third kappa shape index (κ3) is 3.97. The summed E-state index contributed by atoms with van der Waals surface area (Å²) in [6.07, 6.45) is -0.716. The van der Waals surface area contributed by atoms with E-state index in [9.17, 15) is 9.90 Å². The highest BCUT2D eigenvalue weighted by molar-refractivity contribution is 6.33. The number of amides is 1. The molecule has 0 bridgehead atoms.